The van der Waals surface area contributed by atoms with Crippen molar-refractivity contribution in [2.24, 2.45) is 0 Å². The highest BCUT2D eigenvalue weighted by Gasteiger charge is 2.35. The molecule has 0 saturated heterocycles. The van der Waals surface area contributed by atoms with E-state index < -0.39 is 28.5 Å². The molecule has 0 aromatic heterocycles. The van der Waals surface area contributed by atoms with Crippen LogP contribution in [0.25, 0.3) is 0 Å². The molecule has 0 aliphatic rings. The van der Waals surface area contributed by atoms with Gasteiger partial charge in [-0.25, -0.2) is 8.42 Å². The second-order valence-electron chi connectivity index (χ2n) is 11.0. The van der Waals surface area contributed by atoms with Crippen LogP contribution in [0, 0.1) is 6.92 Å². The number of nitrogens with zero attached hydrogens (tertiary/aromatic N) is 2. The van der Waals surface area contributed by atoms with Crippen molar-refractivity contribution in [3.8, 4) is 5.75 Å². The summed E-state index contributed by atoms with van der Waals surface area (Å²) in [5, 5.41) is 3.05. The minimum absolute atomic E-state index is 0.0336. The lowest BCUT2D eigenvalue weighted by molar-refractivity contribution is -0.140. The minimum atomic E-state index is -4.23. The van der Waals surface area contributed by atoms with Gasteiger partial charge in [-0.3, -0.25) is 13.9 Å². The first-order chi connectivity index (χ1) is 21.6. The van der Waals surface area contributed by atoms with Crippen LogP contribution in [0.3, 0.4) is 0 Å². The first kappa shape index (κ1) is 33.3. The molecule has 4 rings (SSSR count). The maximum absolute atomic E-state index is 14.6. The quantitative estimate of drug-likeness (QED) is 0.192. The molecule has 1 N–H and O–H groups in total. The van der Waals surface area contributed by atoms with Gasteiger partial charge >= 0.3 is 0 Å². The number of amides is 2. The van der Waals surface area contributed by atoms with E-state index in [1.807, 2.05) is 87.5 Å². The molecule has 2 atom stereocenters. The molecular formula is C36H41N3O5S. The van der Waals surface area contributed by atoms with Gasteiger partial charge in [0.1, 0.15) is 18.3 Å². The monoisotopic (exact) mass is 627 g/mol. The van der Waals surface area contributed by atoms with Crippen LogP contribution in [0.15, 0.2) is 114 Å². The van der Waals surface area contributed by atoms with E-state index in [4.69, 9.17) is 4.74 Å². The Kier molecular flexibility index (Phi) is 11.4. The standard InChI is InChI=1S/C36H41N3O5S/c1-5-28(3)37-36(41)33(24-29-15-9-6-10-16-29)38(25-30-17-11-7-12-18-30)35(40)26-39(32-23-27(2)21-22-34(32)44-4)45(42,43)31-19-13-8-14-20-31/h6-23,28,33H,5,24-26H2,1-4H3,(H,37,41). The molecule has 0 radical (unpaired) electrons. The first-order valence-corrected chi connectivity index (χ1v) is 16.5. The van der Waals surface area contributed by atoms with E-state index in [-0.39, 0.29) is 35.5 Å². The molecule has 4 aromatic carbocycles. The minimum Gasteiger partial charge on any atom is -0.495 e. The molecule has 0 aliphatic carbocycles. The average Bonchev–Trinajstić information content (AvgIpc) is 3.06. The summed E-state index contributed by atoms with van der Waals surface area (Å²) in [5.41, 5.74) is 2.72. The zero-order valence-electron chi connectivity index (χ0n) is 26.2. The fraction of sp³-hybridized carbons (Fsp3) is 0.278. The number of ether oxygens (including phenoxy) is 1. The van der Waals surface area contributed by atoms with Crippen molar-refractivity contribution >= 4 is 27.5 Å². The molecular weight excluding hydrogens is 586 g/mol. The third-order valence-electron chi connectivity index (χ3n) is 7.68. The van der Waals surface area contributed by atoms with Crippen LogP contribution in [0.5, 0.6) is 5.75 Å². The molecule has 0 spiro atoms. The molecule has 45 heavy (non-hydrogen) atoms. The van der Waals surface area contributed by atoms with Crippen LogP contribution in [0.4, 0.5) is 5.69 Å². The largest absolute Gasteiger partial charge is 0.495 e. The molecule has 0 fully saturated rings. The molecule has 9 heteroatoms. The van der Waals surface area contributed by atoms with E-state index in [1.54, 1.807) is 30.3 Å². The Labute approximate surface area is 266 Å². The van der Waals surface area contributed by atoms with Gasteiger partial charge in [0.05, 0.1) is 17.7 Å². The van der Waals surface area contributed by atoms with Crippen molar-refractivity contribution in [2.75, 3.05) is 18.0 Å². The number of rotatable bonds is 14. The maximum atomic E-state index is 14.6. The lowest BCUT2D eigenvalue weighted by atomic mass is 10.0. The molecule has 0 aliphatic heterocycles. The number of aryl methyl sites for hydroxylation is 1. The van der Waals surface area contributed by atoms with Crippen molar-refractivity contribution in [1.82, 2.24) is 10.2 Å². The summed E-state index contributed by atoms with van der Waals surface area (Å²) in [7, 11) is -2.77. The highest BCUT2D eigenvalue weighted by Crippen LogP contribution is 2.34. The number of nitrogens with one attached hydrogen (secondary N) is 1. The second-order valence-corrected chi connectivity index (χ2v) is 12.9. The van der Waals surface area contributed by atoms with Crippen molar-refractivity contribution in [3.63, 3.8) is 0 Å². The predicted molar refractivity (Wildman–Crippen MR) is 178 cm³/mol. The van der Waals surface area contributed by atoms with Crippen LogP contribution < -0.4 is 14.4 Å². The molecule has 0 bridgehead atoms. The number of anilines is 1. The Bertz CT molecular complexity index is 1670. The Hall–Kier alpha value is -4.63. The summed E-state index contributed by atoms with van der Waals surface area (Å²) in [4.78, 5) is 30.0. The van der Waals surface area contributed by atoms with Crippen molar-refractivity contribution < 1.29 is 22.7 Å². The van der Waals surface area contributed by atoms with Gasteiger partial charge in [-0.05, 0) is 61.2 Å². The van der Waals surface area contributed by atoms with E-state index in [0.29, 0.717) is 12.2 Å². The molecule has 0 heterocycles. The fourth-order valence-corrected chi connectivity index (χ4v) is 6.44. The van der Waals surface area contributed by atoms with E-state index in [1.165, 1.54) is 24.1 Å². The van der Waals surface area contributed by atoms with Gasteiger partial charge < -0.3 is 15.0 Å². The number of carbonyl (C=O) groups excluding carboxylic acids is 2. The number of hydrogen-bond acceptors (Lipinski definition) is 5. The number of benzene rings is 4. The third-order valence-corrected chi connectivity index (χ3v) is 9.45. The maximum Gasteiger partial charge on any atom is 0.264 e. The molecule has 4 aromatic rings. The lowest BCUT2D eigenvalue weighted by Gasteiger charge is -2.34. The summed E-state index contributed by atoms with van der Waals surface area (Å²) in [6.45, 7) is 5.29. The molecule has 8 nitrogen and oxygen atoms in total. The second kappa shape index (κ2) is 15.4. The summed E-state index contributed by atoms with van der Waals surface area (Å²) in [6.07, 6.45) is 0.966. The highest BCUT2D eigenvalue weighted by molar-refractivity contribution is 7.92. The van der Waals surface area contributed by atoms with Gasteiger partial charge in [-0.2, -0.15) is 0 Å². The lowest BCUT2D eigenvalue weighted by Crippen LogP contribution is -2.54. The van der Waals surface area contributed by atoms with Gasteiger partial charge in [-0.15, -0.1) is 0 Å². The van der Waals surface area contributed by atoms with Crippen molar-refractivity contribution in [1.29, 1.82) is 0 Å². The van der Waals surface area contributed by atoms with Crippen LogP contribution >= 0.6 is 0 Å². The van der Waals surface area contributed by atoms with E-state index >= 15 is 0 Å². The van der Waals surface area contributed by atoms with Gasteiger partial charge in [0.15, 0.2) is 0 Å². The van der Waals surface area contributed by atoms with Crippen LogP contribution in [0.1, 0.15) is 37.0 Å². The van der Waals surface area contributed by atoms with E-state index in [2.05, 4.69) is 5.32 Å². The Morgan fingerprint density at radius 1 is 0.844 bits per heavy atom. The number of methoxy groups -OCH3 is 1. The van der Waals surface area contributed by atoms with Crippen molar-refractivity contribution in [3.05, 3.63) is 126 Å². The SMILES string of the molecule is CCC(C)NC(=O)C(Cc1ccccc1)N(Cc1ccccc1)C(=O)CN(c1cc(C)ccc1OC)S(=O)(=O)c1ccccc1. The van der Waals surface area contributed by atoms with Crippen LogP contribution in [-0.2, 0) is 32.6 Å². The molecule has 2 unspecified atom stereocenters. The van der Waals surface area contributed by atoms with Crippen LogP contribution in [0.2, 0.25) is 0 Å². The first-order valence-electron chi connectivity index (χ1n) is 15.0. The fourth-order valence-electron chi connectivity index (χ4n) is 5.00. The number of hydrogen-bond donors (Lipinski definition) is 1. The highest BCUT2D eigenvalue weighted by atomic mass is 32.2. The van der Waals surface area contributed by atoms with Crippen molar-refractivity contribution in [2.45, 2.75) is 57.1 Å². The topological polar surface area (TPSA) is 96.0 Å². The summed E-state index contributed by atoms with van der Waals surface area (Å²) in [5.74, 6) is -0.525. The zero-order valence-corrected chi connectivity index (χ0v) is 27.0. The van der Waals surface area contributed by atoms with Crippen LogP contribution in [-0.4, -0.2) is 50.9 Å². The zero-order chi connectivity index (χ0) is 32.4. The number of sulfonamides is 1. The summed E-state index contributed by atoms with van der Waals surface area (Å²) < 4.78 is 35.1. The molecule has 0 saturated carbocycles. The Balaban J connectivity index is 1.83. The summed E-state index contributed by atoms with van der Waals surface area (Å²) in [6, 6.07) is 31.0. The third kappa shape index (κ3) is 8.51. The summed E-state index contributed by atoms with van der Waals surface area (Å²) >= 11 is 0. The molecule has 236 valence electrons. The Morgan fingerprint density at radius 2 is 1.42 bits per heavy atom. The van der Waals surface area contributed by atoms with Gasteiger partial charge in [0, 0.05) is 19.0 Å². The van der Waals surface area contributed by atoms with E-state index in [0.717, 1.165) is 21.0 Å². The van der Waals surface area contributed by atoms with Gasteiger partial charge in [0.25, 0.3) is 10.0 Å². The van der Waals surface area contributed by atoms with Gasteiger partial charge in [0.2, 0.25) is 11.8 Å². The normalized spacial score (nSPS) is 12.5. The average molecular weight is 628 g/mol. The van der Waals surface area contributed by atoms with E-state index in [9.17, 15) is 18.0 Å². The Morgan fingerprint density at radius 3 is 2.00 bits per heavy atom. The smallest absolute Gasteiger partial charge is 0.264 e. The predicted octanol–water partition coefficient (Wildman–Crippen LogP) is 5.75. The molecule has 2 amide bonds. The van der Waals surface area contributed by atoms with Gasteiger partial charge in [-0.1, -0.05) is 91.9 Å². The number of carbonyl (C=O) groups is 2.